The first-order valence-electron chi connectivity index (χ1n) is 9.90. The molecule has 0 unspecified atom stereocenters. The van der Waals surface area contributed by atoms with E-state index in [9.17, 15) is 4.79 Å². The number of hydrogen-bond donors (Lipinski definition) is 2. The van der Waals surface area contributed by atoms with Gasteiger partial charge in [0.1, 0.15) is 0 Å². The van der Waals surface area contributed by atoms with Gasteiger partial charge in [-0.1, -0.05) is 78.4 Å². The molecule has 0 radical (unpaired) electrons. The van der Waals surface area contributed by atoms with Crippen molar-refractivity contribution in [3.63, 3.8) is 0 Å². The van der Waals surface area contributed by atoms with E-state index in [0.29, 0.717) is 12.4 Å². The van der Waals surface area contributed by atoms with Crippen LogP contribution < -0.4 is 10.6 Å². The van der Waals surface area contributed by atoms with Gasteiger partial charge in [-0.2, -0.15) is 0 Å². The number of anilines is 2. The molecule has 5 heteroatoms. The van der Waals surface area contributed by atoms with Gasteiger partial charge in [0.05, 0.1) is 11.4 Å². The molecule has 3 aromatic carbocycles. The van der Waals surface area contributed by atoms with Gasteiger partial charge in [0, 0.05) is 24.7 Å². The van der Waals surface area contributed by atoms with Crippen LogP contribution >= 0.6 is 0 Å². The number of rotatable bonds is 5. The number of benzene rings is 3. The monoisotopic (exact) mass is 396 g/mol. The lowest BCUT2D eigenvalue weighted by molar-refractivity contribution is 0.262. The highest BCUT2D eigenvalue weighted by Crippen LogP contribution is 2.29. The minimum Gasteiger partial charge on any atom is -0.313 e. The normalized spacial score (nSPS) is 10.6. The van der Waals surface area contributed by atoms with Gasteiger partial charge in [-0.15, -0.1) is 0 Å². The fourth-order valence-electron chi connectivity index (χ4n) is 3.44. The Hall–Kier alpha value is -3.86. The first-order valence-corrected chi connectivity index (χ1v) is 9.90. The molecule has 0 saturated heterocycles. The smallest absolute Gasteiger partial charge is 0.313 e. The van der Waals surface area contributed by atoms with Gasteiger partial charge in [-0.25, -0.2) is 9.78 Å². The predicted octanol–water partition coefficient (Wildman–Crippen LogP) is 5.63. The Bertz CT molecular complexity index is 1130. The summed E-state index contributed by atoms with van der Waals surface area (Å²) < 4.78 is 1.94. The Balaban J connectivity index is 1.66. The largest absolute Gasteiger partial charge is 0.326 e. The highest BCUT2D eigenvalue weighted by Gasteiger charge is 2.18. The molecule has 0 saturated carbocycles. The third-order valence-corrected chi connectivity index (χ3v) is 4.96. The molecule has 0 bridgehead atoms. The number of hydrogen-bond acceptors (Lipinski definition) is 2. The van der Waals surface area contributed by atoms with Crippen molar-refractivity contribution in [2.75, 3.05) is 10.6 Å². The zero-order valence-electron chi connectivity index (χ0n) is 17.1. The third kappa shape index (κ3) is 4.41. The lowest BCUT2D eigenvalue weighted by Gasteiger charge is -2.10. The molecular weight excluding hydrogens is 372 g/mol. The molecule has 4 aromatic rings. The molecule has 0 spiro atoms. The summed E-state index contributed by atoms with van der Waals surface area (Å²) in [4.78, 5) is 17.3. The summed E-state index contributed by atoms with van der Waals surface area (Å²) in [5.74, 6) is 0.505. The molecule has 0 fully saturated rings. The molecule has 0 aliphatic heterocycles. The number of aryl methyl sites for hydroxylation is 1. The minimum atomic E-state index is -0.323. The van der Waals surface area contributed by atoms with E-state index < -0.39 is 0 Å². The number of aromatic nitrogens is 2. The topological polar surface area (TPSA) is 59.0 Å². The van der Waals surface area contributed by atoms with Crippen molar-refractivity contribution in [2.45, 2.75) is 13.3 Å². The molecule has 2 N–H and O–H groups in total. The molecule has 5 nitrogen and oxygen atoms in total. The van der Waals surface area contributed by atoms with Gasteiger partial charge in [0.15, 0.2) is 0 Å². The van der Waals surface area contributed by atoms with Gasteiger partial charge >= 0.3 is 6.03 Å². The molecule has 150 valence electrons. The number of nitrogens with one attached hydrogen (secondary N) is 2. The highest BCUT2D eigenvalue weighted by molar-refractivity contribution is 5.99. The molecule has 30 heavy (non-hydrogen) atoms. The van der Waals surface area contributed by atoms with Gasteiger partial charge in [0.25, 0.3) is 0 Å². The summed E-state index contributed by atoms with van der Waals surface area (Å²) in [6.07, 6.45) is 0.680. The zero-order chi connectivity index (χ0) is 20.9. The zero-order valence-corrected chi connectivity index (χ0v) is 17.1. The Kier molecular flexibility index (Phi) is 5.61. The van der Waals surface area contributed by atoms with Crippen molar-refractivity contribution in [3.8, 4) is 11.3 Å². The minimum absolute atomic E-state index is 0.323. The van der Waals surface area contributed by atoms with E-state index in [1.165, 1.54) is 11.1 Å². The summed E-state index contributed by atoms with van der Waals surface area (Å²) in [5, 5.41) is 5.73. The van der Waals surface area contributed by atoms with Crippen LogP contribution in [0, 0.1) is 6.92 Å². The maximum absolute atomic E-state index is 12.5. The van der Waals surface area contributed by atoms with Crippen molar-refractivity contribution in [1.29, 1.82) is 0 Å². The van der Waals surface area contributed by atoms with Crippen LogP contribution in [0.5, 0.6) is 0 Å². The van der Waals surface area contributed by atoms with Crippen LogP contribution in [0.3, 0.4) is 0 Å². The summed E-state index contributed by atoms with van der Waals surface area (Å²) in [6.45, 7) is 2.07. The van der Waals surface area contributed by atoms with Crippen LogP contribution in [0.1, 0.15) is 16.8 Å². The van der Waals surface area contributed by atoms with Crippen LogP contribution in [0.2, 0.25) is 0 Å². The highest BCUT2D eigenvalue weighted by atomic mass is 16.2. The Morgan fingerprint density at radius 3 is 2.17 bits per heavy atom. The summed E-state index contributed by atoms with van der Waals surface area (Å²) in [7, 11) is 1.93. The van der Waals surface area contributed by atoms with Gasteiger partial charge in [-0.3, -0.25) is 5.32 Å². The molecule has 1 aromatic heterocycles. The molecule has 0 aliphatic carbocycles. The van der Waals surface area contributed by atoms with Crippen molar-refractivity contribution >= 4 is 17.7 Å². The quantitative estimate of drug-likeness (QED) is 0.459. The van der Waals surface area contributed by atoms with Crippen molar-refractivity contribution in [3.05, 3.63) is 102 Å². The molecule has 1 heterocycles. The summed E-state index contributed by atoms with van der Waals surface area (Å²) in [6, 6.07) is 27.6. The number of nitrogens with zero attached hydrogens (tertiary/aromatic N) is 2. The van der Waals surface area contributed by atoms with Crippen LogP contribution in [0.4, 0.5) is 16.4 Å². The van der Waals surface area contributed by atoms with E-state index in [1.54, 1.807) is 0 Å². The van der Waals surface area contributed by atoms with Crippen LogP contribution in [0.15, 0.2) is 84.9 Å². The van der Waals surface area contributed by atoms with E-state index in [0.717, 1.165) is 22.6 Å². The molecular formula is C25H24N4O. The number of para-hydroxylation sites is 1. The fraction of sp³-hybridized carbons (Fsp3) is 0.120. The predicted molar refractivity (Wildman–Crippen MR) is 122 cm³/mol. The second-order valence-electron chi connectivity index (χ2n) is 7.26. The van der Waals surface area contributed by atoms with Crippen LogP contribution in [-0.2, 0) is 13.5 Å². The first-order chi connectivity index (χ1) is 14.6. The van der Waals surface area contributed by atoms with E-state index in [1.807, 2.05) is 60.1 Å². The van der Waals surface area contributed by atoms with Crippen molar-refractivity contribution < 1.29 is 4.79 Å². The van der Waals surface area contributed by atoms with Gasteiger partial charge in [0.2, 0.25) is 5.95 Å². The number of carbonyl (C=O) groups is 1. The van der Waals surface area contributed by atoms with Gasteiger partial charge in [-0.05, 0) is 24.6 Å². The molecule has 4 rings (SSSR count). The Morgan fingerprint density at radius 2 is 1.50 bits per heavy atom. The maximum atomic E-state index is 12.5. The van der Waals surface area contributed by atoms with E-state index in [4.69, 9.17) is 4.98 Å². The molecule has 0 atom stereocenters. The van der Waals surface area contributed by atoms with Crippen LogP contribution in [0.25, 0.3) is 11.3 Å². The lowest BCUT2D eigenvalue weighted by atomic mass is 10.0. The van der Waals surface area contributed by atoms with Crippen LogP contribution in [-0.4, -0.2) is 15.6 Å². The number of carbonyl (C=O) groups excluding carboxylic acids is 1. The number of urea groups is 1. The van der Waals surface area contributed by atoms with Crippen molar-refractivity contribution in [1.82, 2.24) is 9.55 Å². The lowest BCUT2D eigenvalue weighted by Crippen LogP contribution is -2.21. The second kappa shape index (κ2) is 8.66. The summed E-state index contributed by atoms with van der Waals surface area (Å²) >= 11 is 0. The van der Waals surface area contributed by atoms with E-state index in [-0.39, 0.29) is 6.03 Å². The number of imidazole rings is 1. The number of amides is 2. The average molecular weight is 396 g/mol. The SMILES string of the molecule is Cc1ccc(-c2c(Cc3ccccc3)nc(NC(=O)Nc3ccccc3)n2C)cc1. The maximum Gasteiger partial charge on any atom is 0.326 e. The van der Waals surface area contributed by atoms with E-state index >= 15 is 0 Å². The second-order valence-corrected chi connectivity index (χ2v) is 7.26. The average Bonchev–Trinajstić information content (AvgIpc) is 3.05. The third-order valence-electron chi connectivity index (χ3n) is 4.96. The van der Waals surface area contributed by atoms with Crippen molar-refractivity contribution in [2.24, 2.45) is 7.05 Å². The first kappa shape index (κ1) is 19.5. The molecule has 0 aliphatic rings. The molecule has 2 amide bonds. The Labute approximate surface area is 176 Å². The fourth-order valence-corrected chi connectivity index (χ4v) is 3.44. The van der Waals surface area contributed by atoms with Gasteiger partial charge < -0.3 is 9.88 Å². The Morgan fingerprint density at radius 1 is 0.867 bits per heavy atom. The van der Waals surface area contributed by atoms with E-state index in [2.05, 4.69) is 54.0 Å². The standard InChI is InChI=1S/C25H24N4O/c1-18-13-15-20(16-14-18)23-22(17-19-9-5-3-6-10-19)27-24(29(23)2)28-25(30)26-21-11-7-4-8-12-21/h3-16H,17H2,1-2H3,(H2,26,27,28,30). The summed E-state index contributed by atoms with van der Waals surface area (Å²) in [5.41, 5.74) is 6.08.